The van der Waals surface area contributed by atoms with E-state index in [-0.39, 0.29) is 18.2 Å². The van der Waals surface area contributed by atoms with Crippen molar-refractivity contribution in [2.24, 2.45) is 0 Å². The van der Waals surface area contributed by atoms with Gasteiger partial charge in [0.25, 0.3) is 0 Å². The van der Waals surface area contributed by atoms with Crippen LogP contribution in [0.1, 0.15) is 37.5 Å². The van der Waals surface area contributed by atoms with Crippen LogP contribution in [0.4, 0.5) is 4.79 Å². The monoisotopic (exact) mass is 370 g/mol. The van der Waals surface area contributed by atoms with E-state index in [4.69, 9.17) is 9.47 Å². The summed E-state index contributed by atoms with van der Waals surface area (Å²) >= 11 is 0. The summed E-state index contributed by atoms with van der Waals surface area (Å²) in [4.78, 5) is 12.0. The Morgan fingerprint density at radius 3 is 2.56 bits per heavy atom. The number of hydrogen-bond donors (Lipinski definition) is 2. The minimum Gasteiger partial charge on any atom is -0.497 e. The maximum absolute atomic E-state index is 12.0. The van der Waals surface area contributed by atoms with Crippen LogP contribution >= 0.6 is 0 Å². The first-order valence-corrected chi connectivity index (χ1v) is 9.18. The Hall–Kier alpha value is -2.69. The smallest absolute Gasteiger partial charge is 0.317 e. The van der Waals surface area contributed by atoms with E-state index in [9.17, 15) is 4.79 Å². The average Bonchev–Trinajstić information content (AvgIpc) is 2.62. The van der Waals surface area contributed by atoms with Gasteiger partial charge < -0.3 is 20.1 Å². The largest absolute Gasteiger partial charge is 0.497 e. The fraction of sp³-hybridized carbons (Fsp3) is 0.409. The third-order valence-corrected chi connectivity index (χ3v) is 4.24. The topological polar surface area (TPSA) is 59.6 Å². The van der Waals surface area contributed by atoms with Crippen LogP contribution in [0, 0.1) is 6.92 Å². The Morgan fingerprint density at radius 1 is 1.07 bits per heavy atom. The first-order valence-electron chi connectivity index (χ1n) is 9.18. The van der Waals surface area contributed by atoms with Crippen LogP contribution in [0.2, 0.25) is 0 Å². The first kappa shape index (κ1) is 20.6. The summed E-state index contributed by atoms with van der Waals surface area (Å²) in [6, 6.07) is 13.7. The van der Waals surface area contributed by atoms with Crippen molar-refractivity contribution in [3.8, 4) is 11.5 Å². The zero-order valence-corrected chi connectivity index (χ0v) is 16.9. The van der Waals surface area contributed by atoms with Crippen molar-refractivity contribution in [3.05, 3.63) is 59.2 Å². The fourth-order valence-corrected chi connectivity index (χ4v) is 2.75. The molecule has 0 heterocycles. The van der Waals surface area contributed by atoms with E-state index < -0.39 is 0 Å². The van der Waals surface area contributed by atoms with Gasteiger partial charge in [-0.3, -0.25) is 0 Å². The number of carbonyl (C=O) groups excluding carboxylic acids is 1. The molecule has 0 aliphatic carbocycles. The highest BCUT2D eigenvalue weighted by Gasteiger charge is 2.19. The number of ether oxygens (including phenoxy) is 2. The quantitative estimate of drug-likeness (QED) is 0.719. The van der Waals surface area contributed by atoms with Crippen molar-refractivity contribution >= 4 is 6.03 Å². The lowest BCUT2D eigenvalue weighted by Crippen LogP contribution is -2.38. The number of methoxy groups -OCH3 is 1. The van der Waals surface area contributed by atoms with Crippen LogP contribution in [0.5, 0.6) is 11.5 Å². The van der Waals surface area contributed by atoms with E-state index in [1.807, 2.05) is 36.4 Å². The van der Waals surface area contributed by atoms with Crippen LogP contribution in [-0.4, -0.2) is 26.4 Å². The average molecular weight is 370 g/mol. The second kappa shape index (κ2) is 9.31. The van der Waals surface area contributed by atoms with Gasteiger partial charge in [0.2, 0.25) is 0 Å². The molecule has 0 spiro atoms. The van der Waals surface area contributed by atoms with Gasteiger partial charge in [0.1, 0.15) is 11.5 Å². The van der Waals surface area contributed by atoms with E-state index in [0.29, 0.717) is 6.54 Å². The molecule has 0 atom stereocenters. The summed E-state index contributed by atoms with van der Waals surface area (Å²) in [5, 5.41) is 5.57. The minimum absolute atomic E-state index is 0.0274. The number of aryl methyl sites for hydroxylation is 1. The molecule has 0 aromatic heterocycles. The SMILES string of the molecule is COc1cccc(CCNC(=O)NCOc2ccc(C)cc2C(C)(C)C)c1. The normalized spacial score (nSPS) is 11.0. The van der Waals surface area contributed by atoms with Crippen molar-refractivity contribution in [2.75, 3.05) is 20.4 Å². The summed E-state index contributed by atoms with van der Waals surface area (Å²) < 4.78 is 11.0. The molecule has 5 nitrogen and oxygen atoms in total. The Kier molecular flexibility index (Phi) is 7.11. The number of amides is 2. The molecule has 2 aromatic rings. The molecular formula is C22H30N2O3. The van der Waals surface area contributed by atoms with Gasteiger partial charge in [-0.25, -0.2) is 4.79 Å². The number of nitrogens with one attached hydrogen (secondary N) is 2. The first-order chi connectivity index (χ1) is 12.8. The predicted molar refractivity (Wildman–Crippen MR) is 109 cm³/mol. The Balaban J connectivity index is 1.78. The van der Waals surface area contributed by atoms with Gasteiger partial charge in [-0.05, 0) is 48.1 Å². The molecule has 2 rings (SSSR count). The summed E-state index contributed by atoms with van der Waals surface area (Å²) in [5.74, 6) is 1.61. The predicted octanol–water partition coefficient (Wildman–Crippen LogP) is 4.18. The molecule has 0 saturated carbocycles. The van der Waals surface area contributed by atoms with Gasteiger partial charge in [0, 0.05) is 6.54 Å². The molecule has 2 N–H and O–H groups in total. The van der Waals surface area contributed by atoms with Gasteiger partial charge >= 0.3 is 6.03 Å². The van der Waals surface area contributed by atoms with Gasteiger partial charge in [-0.2, -0.15) is 0 Å². The van der Waals surface area contributed by atoms with Crippen LogP contribution in [-0.2, 0) is 11.8 Å². The molecule has 2 amide bonds. The molecule has 0 bridgehead atoms. The van der Waals surface area contributed by atoms with Crippen molar-refractivity contribution in [1.82, 2.24) is 10.6 Å². The summed E-state index contributed by atoms with van der Waals surface area (Å²) in [7, 11) is 1.64. The number of rotatable bonds is 7. The van der Waals surface area contributed by atoms with Crippen LogP contribution in [0.25, 0.3) is 0 Å². The molecule has 0 fully saturated rings. The third kappa shape index (κ3) is 6.51. The maximum Gasteiger partial charge on any atom is 0.317 e. The highest BCUT2D eigenvalue weighted by atomic mass is 16.5. The van der Waals surface area contributed by atoms with E-state index >= 15 is 0 Å². The molecule has 0 aliphatic rings. The van der Waals surface area contributed by atoms with Gasteiger partial charge in [-0.15, -0.1) is 0 Å². The molecule has 27 heavy (non-hydrogen) atoms. The molecule has 0 saturated heterocycles. The molecule has 2 aromatic carbocycles. The fourth-order valence-electron chi connectivity index (χ4n) is 2.75. The Bertz CT molecular complexity index is 766. The van der Waals surface area contributed by atoms with Crippen molar-refractivity contribution in [2.45, 2.75) is 39.5 Å². The number of urea groups is 1. The second-order valence-electron chi connectivity index (χ2n) is 7.57. The van der Waals surface area contributed by atoms with E-state index in [1.165, 1.54) is 5.56 Å². The van der Waals surface area contributed by atoms with Gasteiger partial charge in [0.15, 0.2) is 6.73 Å². The third-order valence-electron chi connectivity index (χ3n) is 4.24. The summed E-state index contributed by atoms with van der Waals surface area (Å²) in [6.07, 6.45) is 0.734. The zero-order valence-electron chi connectivity index (χ0n) is 16.9. The van der Waals surface area contributed by atoms with Crippen LogP contribution in [0.15, 0.2) is 42.5 Å². The van der Waals surface area contributed by atoms with Crippen molar-refractivity contribution < 1.29 is 14.3 Å². The van der Waals surface area contributed by atoms with Gasteiger partial charge in [-0.1, -0.05) is 50.6 Å². The summed E-state index contributed by atoms with van der Waals surface area (Å²) in [5.41, 5.74) is 3.40. The van der Waals surface area contributed by atoms with Gasteiger partial charge in [0.05, 0.1) is 7.11 Å². The lowest BCUT2D eigenvalue weighted by Gasteiger charge is -2.23. The number of carbonyl (C=O) groups is 1. The van der Waals surface area contributed by atoms with E-state index in [1.54, 1.807) is 7.11 Å². The lowest BCUT2D eigenvalue weighted by molar-refractivity contribution is 0.223. The minimum atomic E-state index is -0.248. The Morgan fingerprint density at radius 2 is 1.85 bits per heavy atom. The standard InChI is InChI=1S/C22H30N2O3/c1-16-9-10-20(19(13-16)22(2,3)4)27-15-24-21(25)23-12-11-17-7-6-8-18(14-17)26-5/h6-10,13-14H,11-12,15H2,1-5H3,(H2,23,24,25). The molecule has 5 heteroatoms. The van der Waals surface area contributed by atoms with Crippen LogP contribution < -0.4 is 20.1 Å². The Labute approximate surface area is 162 Å². The van der Waals surface area contributed by atoms with Crippen LogP contribution in [0.3, 0.4) is 0 Å². The highest BCUT2D eigenvalue weighted by molar-refractivity contribution is 5.73. The number of hydrogen-bond acceptors (Lipinski definition) is 3. The second-order valence-corrected chi connectivity index (χ2v) is 7.57. The summed E-state index contributed by atoms with van der Waals surface area (Å²) in [6.45, 7) is 9.16. The molecule has 0 unspecified atom stereocenters. The van der Waals surface area contributed by atoms with Crippen molar-refractivity contribution in [1.29, 1.82) is 0 Å². The van der Waals surface area contributed by atoms with E-state index in [0.717, 1.165) is 29.0 Å². The lowest BCUT2D eigenvalue weighted by atomic mass is 9.85. The molecular weight excluding hydrogens is 340 g/mol. The van der Waals surface area contributed by atoms with Crippen molar-refractivity contribution in [3.63, 3.8) is 0 Å². The molecule has 146 valence electrons. The van der Waals surface area contributed by atoms with E-state index in [2.05, 4.69) is 44.4 Å². The highest BCUT2D eigenvalue weighted by Crippen LogP contribution is 2.31. The molecule has 0 aliphatic heterocycles. The zero-order chi connectivity index (χ0) is 19.9. The molecule has 0 radical (unpaired) electrons. The maximum atomic E-state index is 12.0. The number of benzene rings is 2.